The molecular weight excluding hydrogens is 233 g/mol. The summed E-state index contributed by atoms with van der Waals surface area (Å²) in [6.07, 6.45) is 0. The zero-order valence-electron chi connectivity index (χ0n) is 7.66. The molecule has 0 aliphatic carbocycles. The number of rotatable bonds is 2. The van der Waals surface area contributed by atoms with Crippen LogP contribution in [-0.4, -0.2) is 9.85 Å². The molecule has 0 radical (unpaired) electrons. The molecule has 0 saturated carbocycles. The molecule has 1 rings (SSSR count). The minimum Gasteiger partial charge on any atom is -0.258 e. The van der Waals surface area contributed by atoms with Gasteiger partial charge in [-0.15, -0.1) is 0 Å². The Morgan fingerprint density at radius 1 is 0.875 bits per heavy atom. The standard InChI is InChI=1S/C7H3F3N2O4/c1-2-3(8)7(12(15)16)5(10)4(9)6(2)11(13)14/h1H3. The molecule has 86 valence electrons. The van der Waals surface area contributed by atoms with Crippen LogP contribution in [0.5, 0.6) is 0 Å². The average molecular weight is 236 g/mol. The van der Waals surface area contributed by atoms with E-state index in [9.17, 15) is 33.4 Å². The number of halogens is 3. The summed E-state index contributed by atoms with van der Waals surface area (Å²) in [4.78, 5) is 17.7. The van der Waals surface area contributed by atoms with Crippen LogP contribution < -0.4 is 0 Å². The Morgan fingerprint density at radius 2 is 1.25 bits per heavy atom. The molecule has 0 N–H and O–H groups in total. The average Bonchev–Trinajstić information content (AvgIpc) is 2.14. The fourth-order valence-corrected chi connectivity index (χ4v) is 1.13. The summed E-state index contributed by atoms with van der Waals surface area (Å²) >= 11 is 0. The van der Waals surface area contributed by atoms with Gasteiger partial charge < -0.3 is 0 Å². The predicted octanol–water partition coefficient (Wildman–Crippen LogP) is 2.23. The van der Waals surface area contributed by atoms with Crippen molar-refractivity contribution in [1.29, 1.82) is 0 Å². The van der Waals surface area contributed by atoms with Gasteiger partial charge in [0.1, 0.15) is 0 Å². The molecule has 0 heterocycles. The molecule has 1 aromatic rings. The van der Waals surface area contributed by atoms with E-state index >= 15 is 0 Å². The van der Waals surface area contributed by atoms with Crippen molar-refractivity contribution < 1.29 is 23.0 Å². The van der Waals surface area contributed by atoms with Crippen LogP contribution in [0.25, 0.3) is 0 Å². The molecule has 0 bridgehead atoms. The minimum atomic E-state index is -2.18. The van der Waals surface area contributed by atoms with Gasteiger partial charge in [-0.3, -0.25) is 20.2 Å². The first-order valence-corrected chi connectivity index (χ1v) is 3.74. The molecule has 16 heavy (non-hydrogen) atoms. The summed E-state index contributed by atoms with van der Waals surface area (Å²) < 4.78 is 39.1. The van der Waals surface area contributed by atoms with Gasteiger partial charge >= 0.3 is 11.4 Å². The van der Waals surface area contributed by atoms with Crippen molar-refractivity contribution in [2.45, 2.75) is 6.92 Å². The molecule has 9 heteroatoms. The smallest absolute Gasteiger partial charge is 0.258 e. The van der Waals surface area contributed by atoms with Crippen molar-refractivity contribution in [3.63, 3.8) is 0 Å². The molecule has 0 atom stereocenters. The highest BCUT2D eigenvalue weighted by Crippen LogP contribution is 2.34. The molecular formula is C7H3F3N2O4. The van der Waals surface area contributed by atoms with Gasteiger partial charge in [0.05, 0.1) is 15.4 Å². The van der Waals surface area contributed by atoms with Gasteiger partial charge in [0.2, 0.25) is 17.5 Å². The summed E-state index contributed by atoms with van der Waals surface area (Å²) in [7, 11) is 0. The van der Waals surface area contributed by atoms with Gasteiger partial charge in [-0.25, -0.2) is 0 Å². The van der Waals surface area contributed by atoms with E-state index in [-0.39, 0.29) is 0 Å². The summed E-state index contributed by atoms with van der Waals surface area (Å²) in [5, 5.41) is 20.5. The van der Waals surface area contributed by atoms with Crippen LogP contribution in [0.15, 0.2) is 0 Å². The molecule has 1 aromatic carbocycles. The van der Waals surface area contributed by atoms with E-state index in [1.54, 1.807) is 0 Å². The molecule has 0 saturated heterocycles. The highest BCUT2D eigenvalue weighted by atomic mass is 19.2. The summed E-state index contributed by atoms with van der Waals surface area (Å²) in [5.74, 6) is -5.98. The zero-order valence-corrected chi connectivity index (χ0v) is 7.66. The molecule has 0 spiro atoms. The first-order chi connectivity index (χ1) is 7.29. The lowest BCUT2D eigenvalue weighted by Gasteiger charge is -2.02. The van der Waals surface area contributed by atoms with Crippen LogP contribution in [0.3, 0.4) is 0 Å². The summed E-state index contributed by atoms with van der Waals surface area (Å²) in [6.45, 7) is 0.753. The highest BCUT2D eigenvalue weighted by Gasteiger charge is 2.35. The summed E-state index contributed by atoms with van der Waals surface area (Å²) in [5.41, 5.74) is -4.10. The lowest BCUT2D eigenvalue weighted by Crippen LogP contribution is -2.07. The third-order valence-electron chi connectivity index (χ3n) is 1.87. The first kappa shape index (κ1) is 11.9. The second kappa shape index (κ2) is 3.76. The van der Waals surface area contributed by atoms with Crippen LogP contribution in [0.1, 0.15) is 5.56 Å². The normalized spacial score (nSPS) is 10.2. The Hall–Kier alpha value is -2.19. The van der Waals surface area contributed by atoms with Gasteiger partial charge in [0, 0.05) is 0 Å². The van der Waals surface area contributed by atoms with Crippen LogP contribution in [0.4, 0.5) is 24.5 Å². The number of nitrogens with zero attached hydrogens (tertiary/aromatic N) is 2. The lowest BCUT2D eigenvalue weighted by atomic mass is 10.1. The third kappa shape index (κ3) is 1.55. The van der Waals surface area contributed by atoms with E-state index < -0.39 is 44.2 Å². The number of benzene rings is 1. The number of nitro groups is 2. The third-order valence-corrected chi connectivity index (χ3v) is 1.87. The largest absolute Gasteiger partial charge is 0.343 e. The van der Waals surface area contributed by atoms with Crippen molar-refractivity contribution in [1.82, 2.24) is 0 Å². The molecule has 0 aliphatic heterocycles. The Balaban J connectivity index is 3.77. The fraction of sp³-hybridized carbons (Fsp3) is 0.143. The maximum Gasteiger partial charge on any atom is 0.343 e. The van der Waals surface area contributed by atoms with Gasteiger partial charge in [0.25, 0.3) is 0 Å². The van der Waals surface area contributed by atoms with Crippen LogP contribution >= 0.6 is 0 Å². The second-order valence-corrected chi connectivity index (χ2v) is 2.78. The Kier molecular flexibility index (Phi) is 2.79. The fourth-order valence-electron chi connectivity index (χ4n) is 1.13. The quantitative estimate of drug-likeness (QED) is 0.447. The van der Waals surface area contributed by atoms with E-state index in [0.717, 1.165) is 6.92 Å². The SMILES string of the molecule is Cc1c(F)c([N+](=O)[O-])c(F)c(F)c1[N+](=O)[O-]. The van der Waals surface area contributed by atoms with Gasteiger partial charge in [0.15, 0.2) is 0 Å². The highest BCUT2D eigenvalue weighted by molar-refractivity contribution is 5.51. The zero-order chi connectivity index (χ0) is 12.6. The van der Waals surface area contributed by atoms with Crippen molar-refractivity contribution >= 4 is 11.4 Å². The molecule has 0 aliphatic rings. The molecule has 0 aromatic heterocycles. The van der Waals surface area contributed by atoms with Crippen molar-refractivity contribution in [3.05, 3.63) is 43.2 Å². The van der Waals surface area contributed by atoms with Crippen molar-refractivity contribution in [2.24, 2.45) is 0 Å². The van der Waals surface area contributed by atoms with Crippen LogP contribution in [-0.2, 0) is 0 Å². The number of hydrogen-bond donors (Lipinski definition) is 0. The van der Waals surface area contributed by atoms with E-state index in [2.05, 4.69) is 0 Å². The Morgan fingerprint density at radius 3 is 1.62 bits per heavy atom. The lowest BCUT2D eigenvalue weighted by molar-refractivity contribution is -0.396. The molecule has 0 fully saturated rings. The van der Waals surface area contributed by atoms with Gasteiger partial charge in [-0.2, -0.15) is 13.2 Å². The minimum absolute atomic E-state index is 0.753. The second-order valence-electron chi connectivity index (χ2n) is 2.78. The van der Waals surface area contributed by atoms with Crippen LogP contribution in [0.2, 0.25) is 0 Å². The van der Waals surface area contributed by atoms with Gasteiger partial charge in [-0.1, -0.05) is 0 Å². The van der Waals surface area contributed by atoms with Crippen molar-refractivity contribution in [2.75, 3.05) is 0 Å². The maximum atomic E-state index is 13.2. The Bertz CT molecular complexity index is 429. The van der Waals surface area contributed by atoms with Crippen molar-refractivity contribution in [3.8, 4) is 0 Å². The first-order valence-electron chi connectivity index (χ1n) is 3.74. The maximum absolute atomic E-state index is 13.2. The van der Waals surface area contributed by atoms with E-state index in [4.69, 9.17) is 0 Å². The monoisotopic (exact) mass is 236 g/mol. The topological polar surface area (TPSA) is 86.3 Å². The van der Waals surface area contributed by atoms with E-state index in [1.165, 1.54) is 0 Å². The van der Waals surface area contributed by atoms with E-state index in [1.807, 2.05) is 0 Å². The van der Waals surface area contributed by atoms with E-state index in [0.29, 0.717) is 0 Å². The molecule has 0 unspecified atom stereocenters. The Labute approximate surface area is 85.6 Å². The number of nitro benzene ring substituents is 2. The molecule has 6 nitrogen and oxygen atoms in total. The van der Waals surface area contributed by atoms with Gasteiger partial charge in [-0.05, 0) is 6.92 Å². The number of hydrogen-bond acceptors (Lipinski definition) is 4. The predicted molar refractivity (Wildman–Crippen MR) is 44.4 cm³/mol. The van der Waals surface area contributed by atoms with Crippen LogP contribution in [0, 0.1) is 44.6 Å². The molecule has 0 amide bonds. The summed E-state index contributed by atoms with van der Waals surface area (Å²) in [6, 6.07) is 0.